The first-order valence-electron chi connectivity index (χ1n) is 8.78. The highest BCUT2D eigenvalue weighted by Crippen LogP contribution is 2.33. The average molecular weight is 337 g/mol. The molecule has 6 heteroatoms. The van der Waals surface area contributed by atoms with Gasteiger partial charge in [-0.2, -0.15) is 5.10 Å². The predicted octanol–water partition coefficient (Wildman–Crippen LogP) is 3.25. The van der Waals surface area contributed by atoms with Crippen LogP contribution in [-0.2, 0) is 11.8 Å². The van der Waals surface area contributed by atoms with Gasteiger partial charge in [-0.15, -0.1) is 0 Å². The van der Waals surface area contributed by atoms with Crippen molar-refractivity contribution in [3.63, 3.8) is 0 Å². The number of para-hydroxylation sites is 2. The van der Waals surface area contributed by atoms with E-state index in [1.807, 2.05) is 55.3 Å². The van der Waals surface area contributed by atoms with Gasteiger partial charge in [-0.1, -0.05) is 12.1 Å². The fraction of sp³-hybridized carbons (Fsp3) is 0.421. The van der Waals surface area contributed by atoms with Gasteiger partial charge in [0.15, 0.2) is 0 Å². The molecule has 2 atom stereocenters. The maximum atomic E-state index is 6.05. The van der Waals surface area contributed by atoms with Crippen LogP contribution in [0.5, 0.6) is 0 Å². The summed E-state index contributed by atoms with van der Waals surface area (Å²) in [6, 6.07) is 7.96. The summed E-state index contributed by atoms with van der Waals surface area (Å²) in [5, 5.41) is 7.79. The zero-order valence-corrected chi connectivity index (χ0v) is 14.6. The van der Waals surface area contributed by atoms with Crippen molar-refractivity contribution in [3.8, 4) is 0 Å². The number of fused-ring (bicyclic) bond motifs is 1. The molecule has 1 aliphatic heterocycles. The van der Waals surface area contributed by atoms with Crippen molar-refractivity contribution < 1.29 is 4.74 Å². The van der Waals surface area contributed by atoms with Crippen LogP contribution in [0, 0.1) is 12.8 Å². The lowest BCUT2D eigenvalue weighted by molar-refractivity contribution is -0.0239. The molecule has 0 amide bonds. The third kappa shape index (κ3) is 3.35. The van der Waals surface area contributed by atoms with Crippen molar-refractivity contribution in [1.82, 2.24) is 19.7 Å². The van der Waals surface area contributed by atoms with Crippen LogP contribution in [0.25, 0.3) is 11.0 Å². The maximum Gasteiger partial charge on any atom is 0.148 e. The Hall–Kier alpha value is -2.47. The molecule has 1 aromatic carbocycles. The van der Waals surface area contributed by atoms with Crippen molar-refractivity contribution in [2.75, 3.05) is 18.5 Å². The molecular weight excluding hydrogens is 314 g/mol. The minimum atomic E-state index is 0.0867. The van der Waals surface area contributed by atoms with Crippen molar-refractivity contribution in [2.24, 2.45) is 13.0 Å². The monoisotopic (exact) mass is 337 g/mol. The molecule has 3 aromatic rings. The molecule has 1 saturated heterocycles. The molecule has 0 bridgehead atoms. The lowest BCUT2D eigenvalue weighted by atomic mass is 9.91. The molecule has 0 unspecified atom stereocenters. The Labute approximate surface area is 147 Å². The minimum absolute atomic E-state index is 0.0867. The van der Waals surface area contributed by atoms with E-state index in [4.69, 9.17) is 9.72 Å². The maximum absolute atomic E-state index is 6.05. The van der Waals surface area contributed by atoms with Gasteiger partial charge in [0, 0.05) is 37.9 Å². The number of hydrogen-bond donors (Lipinski definition) is 1. The van der Waals surface area contributed by atoms with E-state index in [0.717, 1.165) is 54.1 Å². The molecule has 0 aliphatic carbocycles. The van der Waals surface area contributed by atoms with E-state index in [1.54, 1.807) is 0 Å². The van der Waals surface area contributed by atoms with Crippen LogP contribution in [0.15, 0.2) is 36.7 Å². The second-order valence-corrected chi connectivity index (χ2v) is 6.67. The highest BCUT2D eigenvalue weighted by atomic mass is 16.5. The first-order chi connectivity index (χ1) is 12.2. The predicted molar refractivity (Wildman–Crippen MR) is 97.4 cm³/mol. The molecule has 6 nitrogen and oxygen atoms in total. The molecule has 0 saturated carbocycles. The van der Waals surface area contributed by atoms with Gasteiger partial charge in [-0.3, -0.25) is 4.68 Å². The number of hydrogen-bond acceptors (Lipinski definition) is 5. The number of aromatic nitrogens is 4. The van der Waals surface area contributed by atoms with Crippen LogP contribution in [0.4, 0.5) is 5.82 Å². The third-order valence-corrected chi connectivity index (χ3v) is 4.77. The Morgan fingerprint density at radius 3 is 2.80 bits per heavy atom. The van der Waals surface area contributed by atoms with Gasteiger partial charge in [0.25, 0.3) is 0 Å². The number of rotatable bonds is 4. The molecule has 1 N–H and O–H groups in total. The van der Waals surface area contributed by atoms with Gasteiger partial charge >= 0.3 is 0 Å². The van der Waals surface area contributed by atoms with Crippen LogP contribution in [-0.4, -0.2) is 32.9 Å². The molecule has 130 valence electrons. The van der Waals surface area contributed by atoms with Gasteiger partial charge in [0.2, 0.25) is 0 Å². The van der Waals surface area contributed by atoms with E-state index in [0.29, 0.717) is 5.92 Å². The Kier molecular flexibility index (Phi) is 4.36. The third-order valence-electron chi connectivity index (χ3n) is 4.77. The standard InChI is InChI=1S/C19H23N5O/c1-13-19(23-17-8-4-3-7-16(17)22-13)20-10-14-6-5-9-25-18(14)15-11-21-24(2)12-15/h3-4,7-8,11-12,14,18H,5-6,9-10H2,1-2H3,(H,20,23)/t14-,18+/m0/s1. The zero-order valence-electron chi connectivity index (χ0n) is 14.6. The van der Waals surface area contributed by atoms with E-state index in [2.05, 4.69) is 15.4 Å². The summed E-state index contributed by atoms with van der Waals surface area (Å²) in [6.45, 7) is 3.62. The number of nitrogens with zero attached hydrogens (tertiary/aromatic N) is 4. The van der Waals surface area contributed by atoms with Gasteiger partial charge < -0.3 is 10.1 Å². The smallest absolute Gasteiger partial charge is 0.148 e. The first kappa shape index (κ1) is 16.0. The summed E-state index contributed by atoms with van der Waals surface area (Å²) in [5.74, 6) is 1.25. The molecule has 1 fully saturated rings. The van der Waals surface area contributed by atoms with E-state index in [9.17, 15) is 0 Å². The Bertz CT molecular complexity index is 875. The molecule has 3 heterocycles. The summed E-state index contributed by atoms with van der Waals surface area (Å²) in [5.41, 5.74) is 3.92. The molecule has 0 spiro atoms. The highest BCUT2D eigenvalue weighted by Gasteiger charge is 2.28. The summed E-state index contributed by atoms with van der Waals surface area (Å²) in [6.07, 6.45) is 6.26. The van der Waals surface area contributed by atoms with Crippen molar-refractivity contribution in [1.29, 1.82) is 0 Å². The number of nitrogens with one attached hydrogen (secondary N) is 1. The van der Waals surface area contributed by atoms with Gasteiger partial charge in [0.05, 0.1) is 29.0 Å². The van der Waals surface area contributed by atoms with Crippen LogP contribution < -0.4 is 5.32 Å². The first-order valence-corrected chi connectivity index (χ1v) is 8.78. The second-order valence-electron chi connectivity index (χ2n) is 6.67. The van der Waals surface area contributed by atoms with Crippen LogP contribution >= 0.6 is 0 Å². The lowest BCUT2D eigenvalue weighted by Gasteiger charge is -2.31. The normalized spacial score (nSPS) is 20.7. The highest BCUT2D eigenvalue weighted by molar-refractivity contribution is 5.76. The molecule has 25 heavy (non-hydrogen) atoms. The molecule has 2 aromatic heterocycles. The average Bonchev–Trinajstić information content (AvgIpc) is 3.06. The summed E-state index contributed by atoms with van der Waals surface area (Å²) >= 11 is 0. The largest absolute Gasteiger partial charge is 0.373 e. The SMILES string of the molecule is Cc1nc2ccccc2nc1NC[C@@H]1CCCO[C@H]1c1cnn(C)c1. The fourth-order valence-corrected chi connectivity index (χ4v) is 3.49. The summed E-state index contributed by atoms with van der Waals surface area (Å²) in [4.78, 5) is 9.38. The Balaban J connectivity index is 1.52. The van der Waals surface area contributed by atoms with Gasteiger partial charge in [-0.05, 0) is 31.9 Å². The molecule has 1 aliphatic rings. The van der Waals surface area contributed by atoms with Crippen LogP contribution in [0.1, 0.15) is 30.2 Å². The lowest BCUT2D eigenvalue weighted by Crippen LogP contribution is -2.28. The minimum Gasteiger partial charge on any atom is -0.373 e. The van der Waals surface area contributed by atoms with E-state index in [-0.39, 0.29) is 6.10 Å². The number of anilines is 1. The number of ether oxygens (including phenoxy) is 1. The van der Waals surface area contributed by atoms with Crippen LogP contribution in [0.3, 0.4) is 0 Å². The van der Waals surface area contributed by atoms with E-state index < -0.39 is 0 Å². The van der Waals surface area contributed by atoms with Crippen molar-refractivity contribution in [2.45, 2.75) is 25.9 Å². The number of aryl methyl sites for hydroxylation is 2. The Morgan fingerprint density at radius 2 is 2.04 bits per heavy atom. The summed E-state index contributed by atoms with van der Waals surface area (Å²) in [7, 11) is 1.94. The van der Waals surface area contributed by atoms with Gasteiger partial charge in [-0.25, -0.2) is 9.97 Å². The van der Waals surface area contributed by atoms with Gasteiger partial charge in [0.1, 0.15) is 5.82 Å². The zero-order chi connectivity index (χ0) is 17.2. The Morgan fingerprint density at radius 1 is 1.24 bits per heavy atom. The van der Waals surface area contributed by atoms with E-state index >= 15 is 0 Å². The molecular formula is C19H23N5O. The molecule has 0 radical (unpaired) electrons. The fourth-order valence-electron chi connectivity index (χ4n) is 3.49. The molecule has 4 rings (SSSR count). The topological polar surface area (TPSA) is 64.9 Å². The van der Waals surface area contributed by atoms with Crippen molar-refractivity contribution >= 4 is 16.9 Å². The van der Waals surface area contributed by atoms with E-state index in [1.165, 1.54) is 0 Å². The summed E-state index contributed by atoms with van der Waals surface area (Å²) < 4.78 is 7.88. The quantitative estimate of drug-likeness (QED) is 0.792. The van der Waals surface area contributed by atoms with Crippen molar-refractivity contribution in [3.05, 3.63) is 47.9 Å². The number of benzene rings is 1. The van der Waals surface area contributed by atoms with Crippen LogP contribution in [0.2, 0.25) is 0 Å². The second kappa shape index (κ2) is 6.80.